The number of carbonyl (C=O) groups is 1. The third kappa shape index (κ3) is 3.45. The Bertz CT molecular complexity index is 692. The Balaban J connectivity index is 1.48. The number of benzene rings is 1. The minimum atomic E-state index is -1.44. The standard InChI is InChI=1S/C18H22N2O3S/c21-15(17-19-13-3-1-2-4-14(13)24-17)16(22)18(23)20(9-11-5-6-11)10-12-7-8-12/h1-4,11-12,15-16,21-22H,5-10H2. The van der Waals surface area contributed by atoms with Gasteiger partial charge < -0.3 is 15.1 Å². The van der Waals surface area contributed by atoms with Crippen molar-refractivity contribution in [2.45, 2.75) is 37.9 Å². The lowest BCUT2D eigenvalue weighted by Gasteiger charge is -2.26. The predicted octanol–water partition coefficient (Wildman–Crippen LogP) is 2.34. The highest BCUT2D eigenvalue weighted by Crippen LogP contribution is 2.35. The fourth-order valence-corrected chi connectivity index (χ4v) is 3.94. The quantitative estimate of drug-likeness (QED) is 0.807. The lowest BCUT2D eigenvalue weighted by molar-refractivity contribution is -0.147. The lowest BCUT2D eigenvalue weighted by Crippen LogP contribution is -2.44. The third-order valence-electron chi connectivity index (χ3n) is 4.78. The van der Waals surface area contributed by atoms with E-state index in [1.807, 2.05) is 24.3 Å². The van der Waals surface area contributed by atoms with E-state index in [0.717, 1.165) is 35.9 Å². The van der Waals surface area contributed by atoms with Crippen molar-refractivity contribution in [1.82, 2.24) is 9.88 Å². The van der Waals surface area contributed by atoms with Crippen molar-refractivity contribution >= 4 is 27.5 Å². The van der Waals surface area contributed by atoms with Crippen molar-refractivity contribution in [3.05, 3.63) is 29.3 Å². The normalized spacial score (nSPS) is 20.1. The van der Waals surface area contributed by atoms with Gasteiger partial charge in [-0.15, -0.1) is 11.3 Å². The summed E-state index contributed by atoms with van der Waals surface area (Å²) in [5.41, 5.74) is 0.781. The van der Waals surface area contributed by atoms with E-state index in [9.17, 15) is 15.0 Å². The van der Waals surface area contributed by atoms with Gasteiger partial charge in [0.1, 0.15) is 11.1 Å². The summed E-state index contributed by atoms with van der Waals surface area (Å²) in [5.74, 6) is 0.777. The first-order valence-electron chi connectivity index (χ1n) is 8.62. The monoisotopic (exact) mass is 346 g/mol. The van der Waals surface area contributed by atoms with Crippen LogP contribution in [-0.2, 0) is 4.79 Å². The van der Waals surface area contributed by atoms with E-state index < -0.39 is 12.2 Å². The molecule has 2 saturated carbocycles. The fraction of sp³-hybridized carbons (Fsp3) is 0.556. The van der Waals surface area contributed by atoms with Gasteiger partial charge in [0.15, 0.2) is 6.10 Å². The van der Waals surface area contributed by atoms with Crippen LogP contribution in [0.15, 0.2) is 24.3 Å². The molecule has 1 aromatic heterocycles. The second kappa shape index (κ2) is 6.43. The minimum Gasteiger partial charge on any atom is -0.383 e. The molecule has 0 radical (unpaired) electrons. The molecule has 1 amide bonds. The van der Waals surface area contributed by atoms with Crippen LogP contribution in [0.4, 0.5) is 0 Å². The van der Waals surface area contributed by atoms with Crippen molar-refractivity contribution in [3.63, 3.8) is 0 Å². The van der Waals surface area contributed by atoms with Crippen LogP contribution in [0.5, 0.6) is 0 Å². The van der Waals surface area contributed by atoms with Crippen molar-refractivity contribution in [3.8, 4) is 0 Å². The fourth-order valence-electron chi connectivity index (χ4n) is 2.95. The number of amides is 1. The highest BCUT2D eigenvalue weighted by molar-refractivity contribution is 7.18. The zero-order chi connectivity index (χ0) is 16.7. The van der Waals surface area contributed by atoms with E-state index in [4.69, 9.17) is 0 Å². The maximum atomic E-state index is 12.7. The number of rotatable bonds is 7. The summed E-state index contributed by atoms with van der Waals surface area (Å²) >= 11 is 1.32. The molecule has 2 aliphatic carbocycles. The van der Waals surface area contributed by atoms with Crippen LogP contribution in [0.3, 0.4) is 0 Å². The van der Waals surface area contributed by atoms with Crippen LogP contribution in [0.2, 0.25) is 0 Å². The van der Waals surface area contributed by atoms with Gasteiger partial charge in [-0.2, -0.15) is 0 Å². The molecule has 0 saturated heterocycles. The summed E-state index contributed by atoms with van der Waals surface area (Å²) in [6.07, 6.45) is 1.92. The molecule has 1 aromatic carbocycles. The molecular weight excluding hydrogens is 324 g/mol. The van der Waals surface area contributed by atoms with Gasteiger partial charge in [-0.25, -0.2) is 4.98 Å². The molecule has 1 heterocycles. The maximum Gasteiger partial charge on any atom is 0.254 e. The van der Waals surface area contributed by atoms with Gasteiger partial charge in [0.25, 0.3) is 5.91 Å². The van der Waals surface area contributed by atoms with Crippen LogP contribution in [0, 0.1) is 11.8 Å². The second-order valence-corrected chi connectivity index (χ2v) is 8.10. The molecule has 0 bridgehead atoms. The number of aromatic nitrogens is 1. The molecule has 2 aliphatic rings. The SMILES string of the molecule is O=C(C(O)C(O)c1nc2ccccc2s1)N(CC1CC1)CC1CC1. The summed E-state index contributed by atoms with van der Waals surface area (Å²) in [7, 11) is 0. The molecule has 0 spiro atoms. The van der Waals surface area contributed by atoms with Gasteiger partial charge in [-0.1, -0.05) is 12.1 Å². The molecule has 24 heavy (non-hydrogen) atoms. The van der Waals surface area contributed by atoms with Crippen molar-refractivity contribution in [2.75, 3.05) is 13.1 Å². The molecule has 2 fully saturated rings. The summed E-state index contributed by atoms with van der Waals surface area (Å²) in [6, 6.07) is 7.57. The Morgan fingerprint density at radius 1 is 1.17 bits per heavy atom. The third-order valence-corrected chi connectivity index (χ3v) is 5.89. The number of aliphatic hydroxyl groups excluding tert-OH is 2. The topological polar surface area (TPSA) is 73.7 Å². The first kappa shape index (κ1) is 16.0. The van der Waals surface area contributed by atoms with Crippen LogP contribution < -0.4 is 0 Å². The highest BCUT2D eigenvalue weighted by atomic mass is 32.1. The summed E-state index contributed by atoms with van der Waals surface area (Å²) in [5, 5.41) is 21.3. The molecular formula is C18H22N2O3S. The number of hydrogen-bond donors (Lipinski definition) is 2. The number of fused-ring (bicyclic) bond motifs is 1. The molecule has 2 N–H and O–H groups in total. The van der Waals surface area contributed by atoms with Crippen LogP contribution in [0.25, 0.3) is 10.2 Å². The highest BCUT2D eigenvalue weighted by Gasteiger charge is 2.37. The lowest BCUT2D eigenvalue weighted by atomic mass is 10.1. The molecule has 6 heteroatoms. The number of para-hydroxylation sites is 1. The number of carbonyl (C=O) groups excluding carboxylic acids is 1. The summed E-state index contributed by atoms with van der Waals surface area (Å²) in [4.78, 5) is 18.8. The molecule has 0 aliphatic heterocycles. The maximum absolute atomic E-state index is 12.7. The van der Waals surface area contributed by atoms with E-state index in [-0.39, 0.29) is 5.91 Å². The zero-order valence-electron chi connectivity index (χ0n) is 13.5. The van der Waals surface area contributed by atoms with Crippen molar-refractivity contribution < 1.29 is 15.0 Å². The zero-order valence-corrected chi connectivity index (χ0v) is 14.3. The smallest absolute Gasteiger partial charge is 0.254 e. The van der Waals surface area contributed by atoms with Gasteiger partial charge >= 0.3 is 0 Å². The molecule has 2 aromatic rings. The minimum absolute atomic E-state index is 0.361. The molecule has 2 unspecified atom stereocenters. The van der Waals surface area contributed by atoms with Gasteiger partial charge in [0.05, 0.1) is 10.2 Å². The van der Waals surface area contributed by atoms with Crippen LogP contribution in [-0.4, -0.2) is 45.2 Å². The summed E-state index contributed by atoms with van der Waals surface area (Å²) < 4.78 is 0.944. The van der Waals surface area contributed by atoms with E-state index in [1.165, 1.54) is 11.3 Å². The number of thiazole rings is 1. The van der Waals surface area contributed by atoms with Crippen molar-refractivity contribution in [2.24, 2.45) is 11.8 Å². The summed E-state index contributed by atoms with van der Waals surface area (Å²) in [6.45, 7) is 1.41. The van der Waals surface area contributed by atoms with E-state index >= 15 is 0 Å². The van der Waals surface area contributed by atoms with Crippen LogP contribution in [0.1, 0.15) is 36.8 Å². The first-order chi connectivity index (χ1) is 11.6. The Kier molecular flexibility index (Phi) is 4.28. The van der Waals surface area contributed by atoms with Gasteiger partial charge in [-0.3, -0.25) is 4.79 Å². The van der Waals surface area contributed by atoms with E-state index in [1.54, 1.807) is 4.90 Å². The molecule has 4 rings (SSSR count). The van der Waals surface area contributed by atoms with Gasteiger partial charge in [-0.05, 0) is 49.7 Å². The van der Waals surface area contributed by atoms with Gasteiger partial charge in [0, 0.05) is 13.1 Å². The largest absolute Gasteiger partial charge is 0.383 e. The average Bonchev–Trinajstić information content (AvgIpc) is 3.52. The molecule has 128 valence electrons. The number of aliphatic hydroxyl groups is 2. The second-order valence-electron chi connectivity index (χ2n) is 7.04. The number of hydrogen-bond acceptors (Lipinski definition) is 5. The number of nitrogens with zero attached hydrogens (tertiary/aromatic N) is 2. The van der Waals surface area contributed by atoms with Gasteiger partial charge in [0.2, 0.25) is 0 Å². The van der Waals surface area contributed by atoms with E-state index in [0.29, 0.717) is 29.9 Å². The average molecular weight is 346 g/mol. The Hall–Kier alpha value is -1.50. The van der Waals surface area contributed by atoms with Crippen LogP contribution >= 0.6 is 11.3 Å². The predicted molar refractivity (Wildman–Crippen MR) is 92.6 cm³/mol. The van der Waals surface area contributed by atoms with E-state index in [2.05, 4.69) is 4.98 Å². The Labute approximate surface area is 144 Å². The Morgan fingerprint density at radius 2 is 1.79 bits per heavy atom. The Morgan fingerprint density at radius 3 is 2.38 bits per heavy atom. The first-order valence-corrected chi connectivity index (χ1v) is 9.44. The molecule has 2 atom stereocenters. The molecule has 5 nitrogen and oxygen atoms in total. The van der Waals surface area contributed by atoms with Crippen molar-refractivity contribution in [1.29, 1.82) is 0 Å².